The highest BCUT2D eigenvalue weighted by Crippen LogP contribution is 2.24. The van der Waals surface area contributed by atoms with Gasteiger partial charge >= 0.3 is 6.18 Å². The summed E-state index contributed by atoms with van der Waals surface area (Å²) in [5.41, 5.74) is 4.62. The van der Waals surface area contributed by atoms with Crippen molar-refractivity contribution in [1.82, 2.24) is 5.32 Å². The predicted octanol–water partition coefficient (Wildman–Crippen LogP) is 2.16. The van der Waals surface area contributed by atoms with E-state index in [1.165, 1.54) is 12.1 Å². The Labute approximate surface area is 105 Å². The number of hydrogen-bond donors (Lipinski definition) is 2. The first kappa shape index (κ1) is 14.7. The number of benzene rings is 1. The second-order valence-corrected chi connectivity index (χ2v) is 3.88. The highest BCUT2D eigenvalue weighted by molar-refractivity contribution is 6.30. The van der Waals surface area contributed by atoms with Gasteiger partial charge in [0.1, 0.15) is 11.9 Å². The average Bonchev–Trinajstić information content (AvgIpc) is 2.22. The predicted molar refractivity (Wildman–Crippen MR) is 57.4 cm³/mol. The van der Waals surface area contributed by atoms with E-state index in [-0.39, 0.29) is 10.6 Å². The number of rotatable bonds is 4. The second kappa shape index (κ2) is 5.53. The summed E-state index contributed by atoms with van der Waals surface area (Å²) >= 11 is 5.48. The molecule has 18 heavy (non-hydrogen) atoms. The summed E-state index contributed by atoms with van der Waals surface area (Å²) in [6, 6.07) is 2.07. The summed E-state index contributed by atoms with van der Waals surface area (Å²) < 4.78 is 49.7. The molecule has 8 heteroatoms. The van der Waals surface area contributed by atoms with Crippen molar-refractivity contribution in [1.29, 1.82) is 0 Å². The standard InChI is InChI=1S/C10H9ClF4N2O/c11-6-3-1-2-5(7(6)12)8(9(16)18)17-4-10(13,14)15/h1-3,8,17H,4H2,(H2,16,18). The van der Waals surface area contributed by atoms with Gasteiger partial charge in [0.2, 0.25) is 5.91 Å². The Morgan fingerprint density at radius 1 is 1.44 bits per heavy atom. The lowest BCUT2D eigenvalue weighted by Crippen LogP contribution is -2.39. The number of nitrogens with two attached hydrogens (primary N) is 1. The summed E-state index contributed by atoms with van der Waals surface area (Å²) in [5, 5.41) is 1.55. The quantitative estimate of drug-likeness (QED) is 0.833. The van der Waals surface area contributed by atoms with Crippen LogP contribution in [0, 0.1) is 5.82 Å². The van der Waals surface area contributed by atoms with Crippen LogP contribution in [-0.2, 0) is 4.79 Å². The molecule has 0 saturated carbocycles. The number of carbonyl (C=O) groups is 1. The van der Waals surface area contributed by atoms with E-state index >= 15 is 0 Å². The van der Waals surface area contributed by atoms with Crippen molar-refractivity contribution < 1.29 is 22.4 Å². The van der Waals surface area contributed by atoms with Crippen molar-refractivity contribution in [3.8, 4) is 0 Å². The molecule has 3 N–H and O–H groups in total. The van der Waals surface area contributed by atoms with E-state index < -0.39 is 30.5 Å². The summed E-state index contributed by atoms with van der Waals surface area (Å²) in [4.78, 5) is 11.1. The molecule has 0 fully saturated rings. The molecular weight excluding hydrogens is 276 g/mol. The molecule has 100 valence electrons. The number of hydrogen-bond acceptors (Lipinski definition) is 2. The Bertz CT molecular complexity index is 450. The van der Waals surface area contributed by atoms with Crippen LogP contribution in [0.1, 0.15) is 11.6 Å². The monoisotopic (exact) mass is 284 g/mol. The van der Waals surface area contributed by atoms with Gasteiger partial charge in [-0.25, -0.2) is 4.39 Å². The number of halogens is 5. The van der Waals surface area contributed by atoms with E-state index in [4.69, 9.17) is 17.3 Å². The lowest BCUT2D eigenvalue weighted by atomic mass is 10.1. The van der Waals surface area contributed by atoms with Crippen LogP contribution in [0.2, 0.25) is 5.02 Å². The third-order valence-corrected chi connectivity index (χ3v) is 2.38. The van der Waals surface area contributed by atoms with Crippen molar-refractivity contribution in [3.05, 3.63) is 34.6 Å². The number of nitrogens with one attached hydrogen (secondary N) is 1. The Kier molecular flexibility index (Phi) is 4.53. The van der Waals surface area contributed by atoms with Gasteiger partial charge in [0.05, 0.1) is 11.6 Å². The average molecular weight is 285 g/mol. The van der Waals surface area contributed by atoms with Crippen molar-refractivity contribution >= 4 is 17.5 Å². The molecule has 0 radical (unpaired) electrons. The maximum absolute atomic E-state index is 13.6. The van der Waals surface area contributed by atoms with E-state index in [1.807, 2.05) is 5.32 Å². The Hall–Kier alpha value is -1.34. The first-order valence-corrected chi connectivity index (χ1v) is 5.13. The van der Waals surface area contributed by atoms with Crippen molar-refractivity contribution in [2.45, 2.75) is 12.2 Å². The Balaban J connectivity index is 2.99. The van der Waals surface area contributed by atoms with Gasteiger partial charge in [-0.2, -0.15) is 13.2 Å². The molecule has 1 aromatic rings. The Morgan fingerprint density at radius 2 is 2.06 bits per heavy atom. The number of alkyl halides is 3. The van der Waals surface area contributed by atoms with Crippen LogP contribution in [0.4, 0.5) is 17.6 Å². The van der Waals surface area contributed by atoms with Crippen LogP contribution in [-0.4, -0.2) is 18.6 Å². The summed E-state index contributed by atoms with van der Waals surface area (Å²) in [7, 11) is 0. The lowest BCUT2D eigenvalue weighted by molar-refractivity contribution is -0.131. The molecule has 1 aromatic carbocycles. The number of primary amides is 1. The van der Waals surface area contributed by atoms with E-state index in [2.05, 4.69) is 0 Å². The molecule has 1 unspecified atom stereocenters. The van der Waals surface area contributed by atoms with Gasteiger partial charge in [0.25, 0.3) is 0 Å². The summed E-state index contributed by atoms with van der Waals surface area (Å²) in [5.74, 6) is -2.10. The van der Waals surface area contributed by atoms with Gasteiger partial charge in [-0.15, -0.1) is 0 Å². The topological polar surface area (TPSA) is 55.1 Å². The minimum Gasteiger partial charge on any atom is -0.368 e. The number of carbonyl (C=O) groups excluding carboxylic acids is 1. The molecule has 0 spiro atoms. The van der Waals surface area contributed by atoms with Crippen LogP contribution in [0.3, 0.4) is 0 Å². The SMILES string of the molecule is NC(=O)C(NCC(F)(F)F)c1cccc(Cl)c1F. The highest BCUT2D eigenvalue weighted by Gasteiger charge is 2.31. The van der Waals surface area contributed by atoms with Crippen LogP contribution in [0.15, 0.2) is 18.2 Å². The zero-order valence-electron chi connectivity index (χ0n) is 8.89. The molecule has 0 bridgehead atoms. The first-order chi connectivity index (χ1) is 8.22. The molecule has 0 aliphatic rings. The van der Waals surface area contributed by atoms with Crippen molar-refractivity contribution in [2.24, 2.45) is 5.73 Å². The van der Waals surface area contributed by atoms with Crippen LogP contribution in [0.5, 0.6) is 0 Å². The third-order valence-electron chi connectivity index (χ3n) is 2.08. The highest BCUT2D eigenvalue weighted by atomic mass is 35.5. The minimum absolute atomic E-state index is 0.299. The third kappa shape index (κ3) is 3.85. The zero-order valence-corrected chi connectivity index (χ0v) is 9.65. The van der Waals surface area contributed by atoms with Crippen LogP contribution in [0.25, 0.3) is 0 Å². The van der Waals surface area contributed by atoms with Gasteiger partial charge in [-0.3, -0.25) is 10.1 Å². The van der Waals surface area contributed by atoms with Crippen LogP contribution >= 0.6 is 11.6 Å². The molecule has 0 heterocycles. The van der Waals surface area contributed by atoms with Crippen molar-refractivity contribution in [3.63, 3.8) is 0 Å². The van der Waals surface area contributed by atoms with E-state index in [9.17, 15) is 22.4 Å². The summed E-state index contributed by atoms with van der Waals surface area (Å²) in [6.45, 7) is -1.47. The fourth-order valence-electron chi connectivity index (χ4n) is 1.33. The van der Waals surface area contributed by atoms with E-state index in [1.54, 1.807) is 0 Å². The van der Waals surface area contributed by atoms with Gasteiger partial charge in [0, 0.05) is 5.56 Å². The normalized spacial score (nSPS) is 13.4. The van der Waals surface area contributed by atoms with E-state index in [0.29, 0.717) is 0 Å². The maximum atomic E-state index is 13.6. The second-order valence-electron chi connectivity index (χ2n) is 3.47. The largest absolute Gasteiger partial charge is 0.401 e. The fourth-order valence-corrected chi connectivity index (χ4v) is 1.51. The molecule has 1 rings (SSSR count). The minimum atomic E-state index is -4.54. The van der Waals surface area contributed by atoms with Crippen molar-refractivity contribution in [2.75, 3.05) is 6.54 Å². The van der Waals surface area contributed by atoms with E-state index in [0.717, 1.165) is 6.07 Å². The first-order valence-electron chi connectivity index (χ1n) is 4.75. The van der Waals surface area contributed by atoms with Crippen LogP contribution < -0.4 is 11.1 Å². The molecule has 1 amide bonds. The Morgan fingerprint density at radius 3 is 2.56 bits per heavy atom. The molecular formula is C10H9ClF4N2O. The van der Waals surface area contributed by atoms with Gasteiger partial charge in [-0.1, -0.05) is 23.7 Å². The lowest BCUT2D eigenvalue weighted by Gasteiger charge is -2.18. The molecule has 0 aliphatic heterocycles. The molecule has 1 atom stereocenters. The molecule has 0 saturated heterocycles. The fraction of sp³-hybridized carbons (Fsp3) is 0.300. The summed E-state index contributed by atoms with van der Waals surface area (Å²) in [6.07, 6.45) is -4.54. The molecule has 0 aliphatic carbocycles. The van der Waals surface area contributed by atoms with Gasteiger partial charge < -0.3 is 5.73 Å². The number of amides is 1. The van der Waals surface area contributed by atoms with Gasteiger partial charge in [-0.05, 0) is 6.07 Å². The smallest absolute Gasteiger partial charge is 0.368 e. The molecule has 0 aromatic heterocycles. The molecule has 3 nitrogen and oxygen atoms in total. The maximum Gasteiger partial charge on any atom is 0.401 e. The zero-order chi connectivity index (χ0) is 13.9. The van der Waals surface area contributed by atoms with Gasteiger partial charge in [0.15, 0.2) is 0 Å².